The van der Waals surface area contributed by atoms with Crippen LogP contribution in [0, 0.1) is 0 Å². The van der Waals surface area contributed by atoms with Gasteiger partial charge in [0.05, 0.1) is 48.1 Å². The first-order chi connectivity index (χ1) is 16.3. The standard InChI is InChI=1S/C25H20Cl2N2O5/c1-33-17-8-5-6-14(10-17)21-20(22(30)15-11-18(26)24(34-2)19(27)12-15)23(31)25(32)29(21)13-16-7-3-4-9-28-16/h3-12,21,30H,13H2,1-2H3/b22-20+. The molecule has 0 spiro atoms. The van der Waals surface area contributed by atoms with Crippen LogP contribution in [-0.2, 0) is 16.1 Å². The Balaban J connectivity index is 1.90. The summed E-state index contributed by atoms with van der Waals surface area (Å²) in [5.41, 5.74) is 1.26. The van der Waals surface area contributed by atoms with Gasteiger partial charge in [-0.1, -0.05) is 41.4 Å². The van der Waals surface area contributed by atoms with Crippen molar-refractivity contribution in [1.29, 1.82) is 0 Å². The van der Waals surface area contributed by atoms with Crippen molar-refractivity contribution in [2.24, 2.45) is 0 Å². The minimum Gasteiger partial charge on any atom is -0.507 e. The Kier molecular flexibility index (Phi) is 6.77. The maximum atomic E-state index is 13.2. The first kappa shape index (κ1) is 23.6. The summed E-state index contributed by atoms with van der Waals surface area (Å²) < 4.78 is 10.5. The Morgan fingerprint density at radius 3 is 2.38 bits per heavy atom. The molecule has 1 fully saturated rings. The van der Waals surface area contributed by atoms with Crippen LogP contribution in [0.4, 0.5) is 0 Å². The van der Waals surface area contributed by atoms with E-state index >= 15 is 0 Å². The van der Waals surface area contributed by atoms with Gasteiger partial charge in [0.15, 0.2) is 5.75 Å². The summed E-state index contributed by atoms with van der Waals surface area (Å²) in [6.07, 6.45) is 1.60. The van der Waals surface area contributed by atoms with Crippen molar-refractivity contribution in [3.05, 3.63) is 93.2 Å². The van der Waals surface area contributed by atoms with Gasteiger partial charge in [-0.05, 0) is 42.0 Å². The lowest BCUT2D eigenvalue weighted by Crippen LogP contribution is -2.29. The van der Waals surface area contributed by atoms with E-state index < -0.39 is 23.5 Å². The monoisotopic (exact) mass is 498 g/mol. The van der Waals surface area contributed by atoms with E-state index in [1.807, 2.05) is 0 Å². The molecule has 34 heavy (non-hydrogen) atoms. The number of hydrogen-bond acceptors (Lipinski definition) is 6. The summed E-state index contributed by atoms with van der Waals surface area (Å²) in [6, 6.07) is 14.2. The second-order valence-electron chi connectivity index (χ2n) is 7.50. The highest BCUT2D eigenvalue weighted by Crippen LogP contribution is 2.43. The molecule has 2 heterocycles. The van der Waals surface area contributed by atoms with Gasteiger partial charge in [0, 0.05) is 11.8 Å². The summed E-state index contributed by atoms with van der Waals surface area (Å²) in [5, 5.41) is 11.5. The lowest BCUT2D eigenvalue weighted by atomic mass is 9.95. The molecule has 174 valence electrons. The molecule has 2 aromatic carbocycles. The molecule has 0 bridgehead atoms. The lowest BCUT2D eigenvalue weighted by molar-refractivity contribution is -0.140. The van der Waals surface area contributed by atoms with Crippen molar-refractivity contribution in [3.8, 4) is 11.5 Å². The van der Waals surface area contributed by atoms with E-state index in [2.05, 4.69) is 4.98 Å². The fraction of sp³-hybridized carbons (Fsp3) is 0.160. The maximum absolute atomic E-state index is 13.2. The average Bonchev–Trinajstić information content (AvgIpc) is 3.09. The van der Waals surface area contributed by atoms with Crippen molar-refractivity contribution in [1.82, 2.24) is 9.88 Å². The summed E-state index contributed by atoms with van der Waals surface area (Å²) in [5.74, 6) is -1.22. The summed E-state index contributed by atoms with van der Waals surface area (Å²) in [4.78, 5) is 32.0. The van der Waals surface area contributed by atoms with Gasteiger partial charge in [0.2, 0.25) is 0 Å². The molecule has 1 aromatic heterocycles. The number of Topliss-reactive ketones (excluding diaryl/α,β-unsaturated/α-hetero) is 1. The topological polar surface area (TPSA) is 89.0 Å². The van der Waals surface area contributed by atoms with E-state index in [9.17, 15) is 14.7 Å². The molecule has 0 saturated carbocycles. The lowest BCUT2D eigenvalue weighted by Gasteiger charge is -2.25. The molecular weight excluding hydrogens is 479 g/mol. The zero-order valence-corrected chi connectivity index (χ0v) is 19.8. The molecule has 1 saturated heterocycles. The van der Waals surface area contributed by atoms with Crippen LogP contribution in [0.25, 0.3) is 5.76 Å². The van der Waals surface area contributed by atoms with E-state index in [0.29, 0.717) is 17.0 Å². The van der Waals surface area contributed by atoms with Gasteiger partial charge in [0.1, 0.15) is 11.5 Å². The second kappa shape index (κ2) is 9.75. The van der Waals surface area contributed by atoms with Gasteiger partial charge in [0.25, 0.3) is 11.7 Å². The summed E-state index contributed by atoms with van der Waals surface area (Å²) in [7, 11) is 2.93. The highest BCUT2D eigenvalue weighted by Gasteiger charge is 2.46. The molecule has 1 atom stereocenters. The maximum Gasteiger partial charge on any atom is 0.296 e. The van der Waals surface area contributed by atoms with Gasteiger partial charge in [-0.3, -0.25) is 14.6 Å². The molecule has 3 aromatic rings. The Bertz CT molecular complexity index is 1270. The van der Waals surface area contributed by atoms with Gasteiger partial charge >= 0.3 is 0 Å². The number of ketones is 1. The quantitative estimate of drug-likeness (QED) is 0.291. The molecule has 9 heteroatoms. The van der Waals surface area contributed by atoms with Crippen LogP contribution < -0.4 is 9.47 Å². The van der Waals surface area contributed by atoms with Crippen LogP contribution in [0.3, 0.4) is 0 Å². The van der Waals surface area contributed by atoms with Crippen molar-refractivity contribution in [2.45, 2.75) is 12.6 Å². The smallest absolute Gasteiger partial charge is 0.296 e. The number of aromatic nitrogens is 1. The first-order valence-corrected chi connectivity index (χ1v) is 11.0. The number of rotatable bonds is 6. The number of amides is 1. The van der Waals surface area contributed by atoms with Crippen molar-refractivity contribution < 1.29 is 24.2 Å². The number of likely N-dealkylation sites (tertiary alicyclic amines) is 1. The van der Waals surface area contributed by atoms with E-state index in [1.165, 1.54) is 31.3 Å². The van der Waals surface area contributed by atoms with E-state index in [-0.39, 0.29) is 33.5 Å². The van der Waals surface area contributed by atoms with Crippen LogP contribution >= 0.6 is 23.2 Å². The molecule has 1 unspecified atom stereocenters. The third-order valence-electron chi connectivity index (χ3n) is 5.48. The number of aliphatic hydroxyl groups is 1. The van der Waals surface area contributed by atoms with E-state index in [0.717, 1.165) is 0 Å². The third-order valence-corrected chi connectivity index (χ3v) is 6.05. The van der Waals surface area contributed by atoms with E-state index in [1.54, 1.807) is 48.7 Å². The van der Waals surface area contributed by atoms with Crippen molar-refractivity contribution >= 4 is 40.7 Å². The van der Waals surface area contributed by atoms with Gasteiger partial charge < -0.3 is 19.5 Å². The Morgan fingerprint density at radius 2 is 1.76 bits per heavy atom. The van der Waals surface area contributed by atoms with Crippen molar-refractivity contribution in [2.75, 3.05) is 14.2 Å². The average molecular weight is 499 g/mol. The summed E-state index contributed by atoms with van der Waals surface area (Å²) >= 11 is 12.5. The molecule has 1 N–H and O–H groups in total. The summed E-state index contributed by atoms with van der Waals surface area (Å²) in [6.45, 7) is 0.0637. The minimum atomic E-state index is -0.892. The van der Waals surface area contributed by atoms with Crippen LogP contribution in [0.1, 0.15) is 22.9 Å². The molecule has 1 aliphatic heterocycles. The third kappa shape index (κ3) is 4.32. The molecule has 0 radical (unpaired) electrons. The zero-order chi connectivity index (χ0) is 24.4. The molecule has 0 aliphatic carbocycles. The van der Waals surface area contributed by atoms with Crippen LogP contribution in [-0.4, -0.2) is 40.9 Å². The molecule has 7 nitrogen and oxygen atoms in total. The number of ether oxygens (including phenoxy) is 2. The number of nitrogens with zero attached hydrogens (tertiary/aromatic N) is 2. The number of hydrogen-bond donors (Lipinski definition) is 1. The number of carbonyl (C=O) groups excluding carboxylic acids is 2. The molecule has 1 aliphatic rings. The molecule has 1 amide bonds. The fourth-order valence-corrected chi connectivity index (χ4v) is 4.56. The number of aliphatic hydroxyl groups excluding tert-OH is 1. The number of methoxy groups -OCH3 is 2. The highest BCUT2D eigenvalue weighted by atomic mass is 35.5. The van der Waals surface area contributed by atoms with E-state index in [4.69, 9.17) is 32.7 Å². The van der Waals surface area contributed by atoms with Crippen LogP contribution in [0.5, 0.6) is 11.5 Å². The van der Waals surface area contributed by atoms with Gasteiger partial charge in [-0.15, -0.1) is 0 Å². The largest absolute Gasteiger partial charge is 0.507 e. The number of carbonyl (C=O) groups is 2. The van der Waals surface area contributed by atoms with Crippen molar-refractivity contribution in [3.63, 3.8) is 0 Å². The minimum absolute atomic E-state index is 0.0637. The number of halogens is 2. The number of pyridine rings is 1. The Morgan fingerprint density at radius 1 is 1.03 bits per heavy atom. The predicted octanol–water partition coefficient (Wildman–Crippen LogP) is 5.03. The second-order valence-corrected chi connectivity index (χ2v) is 8.31. The Hall–Kier alpha value is -3.55. The molecular formula is C25H20Cl2N2O5. The van der Waals surface area contributed by atoms with Gasteiger partial charge in [-0.2, -0.15) is 0 Å². The highest BCUT2D eigenvalue weighted by molar-refractivity contribution is 6.46. The molecule has 4 rings (SSSR count). The van der Waals surface area contributed by atoms with Crippen LogP contribution in [0.15, 0.2) is 66.4 Å². The number of benzene rings is 2. The SMILES string of the molecule is COc1cccc(C2/C(=C(\O)c3cc(Cl)c(OC)c(Cl)c3)C(=O)C(=O)N2Cc2ccccn2)c1. The van der Waals surface area contributed by atoms with Gasteiger partial charge in [-0.25, -0.2) is 0 Å². The van der Waals surface area contributed by atoms with Crippen LogP contribution in [0.2, 0.25) is 10.0 Å². The predicted molar refractivity (Wildman–Crippen MR) is 128 cm³/mol. The fourth-order valence-electron chi connectivity index (χ4n) is 3.91. The zero-order valence-electron chi connectivity index (χ0n) is 18.3. The Labute approximate surface area is 206 Å². The first-order valence-electron chi connectivity index (χ1n) is 10.2. The normalized spacial score (nSPS) is 17.2.